The quantitative estimate of drug-likeness (QED) is 0.679. The standard InChI is InChI=1S/C22H29N5O2/c1-4-22(2,17-24)29-21(28)25-20(9-10-27-13-11-26(3)12-14-27)15-18-5-7-19(16-23)8-6-18/h4-8,20H,1,9-15H2,2-3H3,(H,25,28)/t20-,22?/m0/s1. The van der Waals surface area contributed by atoms with Crippen molar-refractivity contribution in [1.29, 1.82) is 10.5 Å². The van der Waals surface area contributed by atoms with Gasteiger partial charge in [0.15, 0.2) is 0 Å². The van der Waals surface area contributed by atoms with E-state index in [0.29, 0.717) is 12.0 Å². The van der Waals surface area contributed by atoms with E-state index in [2.05, 4.69) is 34.8 Å². The van der Waals surface area contributed by atoms with E-state index in [1.165, 1.54) is 13.0 Å². The minimum atomic E-state index is -1.36. The Morgan fingerprint density at radius 2 is 1.97 bits per heavy atom. The van der Waals surface area contributed by atoms with Gasteiger partial charge in [-0.2, -0.15) is 10.5 Å². The number of amides is 1. The van der Waals surface area contributed by atoms with Crippen LogP contribution in [0, 0.1) is 22.7 Å². The molecule has 1 aliphatic heterocycles. The van der Waals surface area contributed by atoms with E-state index in [1.807, 2.05) is 18.2 Å². The van der Waals surface area contributed by atoms with Gasteiger partial charge in [-0.05, 0) is 50.6 Å². The highest BCUT2D eigenvalue weighted by atomic mass is 16.6. The number of rotatable bonds is 8. The van der Waals surface area contributed by atoms with Crippen molar-refractivity contribution in [3.63, 3.8) is 0 Å². The predicted octanol–water partition coefficient (Wildman–Crippen LogP) is 2.30. The number of nitriles is 2. The Hall–Kier alpha value is -2.87. The van der Waals surface area contributed by atoms with Crippen LogP contribution in [0.3, 0.4) is 0 Å². The van der Waals surface area contributed by atoms with Crippen molar-refractivity contribution < 1.29 is 9.53 Å². The molecule has 0 radical (unpaired) electrons. The molecule has 1 aromatic rings. The maximum absolute atomic E-state index is 12.4. The summed E-state index contributed by atoms with van der Waals surface area (Å²) in [5, 5.41) is 21.1. The van der Waals surface area contributed by atoms with Crippen LogP contribution in [-0.4, -0.2) is 67.3 Å². The van der Waals surface area contributed by atoms with Gasteiger partial charge in [0.1, 0.15) is 6.07 Å². The van der Waals surface area contributed by atoms with Gasteiger partial charge in [-0.1, -0.05) is 18.7 Å². The van der Waals surface area contributed by atoms with Gasteiger partial charge in [-0.25, -0.2) is 4.79 Å². The molecule has 29 heavy (non-hydrogen) atoms. The number of hydrogen-bond acceptors (Lipinski definition) is 6. The van der Waals surface area contributed by atoms with Crippen molar-refractivity contribution in [2.45, 2.75) is 31.4 Å². The Morgan fingerprint density at radius 1 is 1.31 bits per heavy atom. The molecule has 1 fully saturated rings. The summed E-state index contributed by atoms with van der Waals surface area (Å²) in [4.78, 5) is 17.1. The number of carbonyl (C=O) groups excluding carboxylic acids is 1. The van der Waals surface area contributed by atoms with Crippen molar-refractivity contribution >= 4 is 6.09 Å². The lowest BCUT2D eigenvalue weighted by Gasteiger charge is -2.33. The van der Waals surface area contributed by atoms with Gasteiger partial charge in [-0.15, -0.1) is 0 Å². The van der Waals surface area contributed by atoms with Gasteiger partial charge in [0.2, 0.25) is 5.60 Å². The van der Waals surface area contributed by atoms with Gasteiger partial charge in [0.25, 0.3) is 0 Å². The summed E-state index contributed by atoms with van der Waals surface area (Å²) in [6.45, 7) is 10.0. The van der Waals surface area contributed by atoms with Gasteiger partial charge in [0, 0.05) is 38.8 Å². The predicted molar refractivity (Wildman–Crippen MR) is 111 cm³/mol. The fraction of sp³-hybridized carbons (Fsp3) is 0.500. The number of benzene rings is 1. The Kier molecular flexibility index (Phi) is 8.21. The molecule has 1 amide bonds. The van der Waals surface area contributed by atoms with Crippen LogP contribution in [0.5, 0.6) is 0 Å². The molecule has 1 aliphatic rings. The molecule has 1 unspecified atom stereocenters. The van der Waals surface area contributed by atoms with Crippen LogP contribution in [0.4, 0.5) is 4.79 Å². The summed E-state index contributed by atoms with van der Waals surface area (Å²) in [7, 11) is 2.12. The minimum absolute atomic E-state index is 0.150. The number of alkyl carbamates (subject to hydrolysis) is 1. The first-order valence-corrected chi connectivity index (χ1v) is 9.81. The summed E-state index contributed by atoms with van der Waals surface area (Å²) in [6.07, 6.45) is 2.06. The van der Waals surface area contributed by atoms with Crippen LogP contribution in [0.2, 0.25) is 0 Å². The normalized spacial score (nSPS) is 17.9. The summed E-state index contributed by atoms with van der Waals surface area (Å²) in [5.74, 6) is 0. The lowest BCUT2D eigenvalue weighted by molar-refractivity contribution is 0.0888. The Morgan fingerprint density at radius 3 is 2.52 bits per heavy atom. The van der Waals surface area contributed by atoms with Crippen molar-refractivity contribution in [3.8, 4) is 12.1 Å². The lowest BCUT2D eigenvalue weighted by atomic mass is 10.0. The second kappa shape index (κ2) is 10.6. The first kappa shape index (κ1) is 22.4. The largest absolute Gasteiger partial charge is 0.424 e. The average molecular weight is 396 g/mol. The van der Waals surface area contributed by atoms with Gasteiger partial charge >= 0.3 is 6.09 Å². The number of carbonyl (C=O) groups is 1. The molecular weight excluding hydrogens is 366 g/mol. The SMILES string of the molecule is C=CC(C)(C#N)OC(=O)N[C@@H](CCN1CCN(C)CC1)Cc1ccc(C#N)cc1. The highest BCUT2D eigenvalue weighted by molar-refractivity contribution is 5.69. The second-order valence-corrected chi connectivity index (χ2v) is 7.60. The monoisotopic (exact) mass is 395 g/mol. The topological polar surface area (TPSA) is 92.4 Å². The molecule has 2 rings (SSSR count). The molecule has 1 saturated heterocycles. The summed E-state index contributed by atoms with van der Waals surface area (Å²) in [5.41, 5.74) is 0.269. The molecule has 2 atom stereocenters. The third-order valence-corrected chi connectivity index (χ3v) is 5.19. The summed E-state index contributed by atoms with van der Waals surface area (Å²) >= 11 is 0. The minimum Gasteiger partial charge on any atom is -0.424 e. The summed E-state index contributed by atoms with van der Waals surface area (Å²) < 4.78 is 5.25. The third kappa shape index (κ3) is 7.23. The number of ether oxygens (including phenoxy) is 1. The molecular formula is C22H29N5O2. The molecule has 154 valence electrons. The zero-order valence-corrected chi connectivity index (χ0v) is 17.2. The van der Waals surface area contributed by atoms with Gasteiger partial charge < -0.3 is 19.9 Å². The van der Waals surface area contributed by atoms with Gasteiger partial charge in [0.05, 0.1) is 11.6 Å². The van der Waals surface area contributed by atoms with Crippen LogP contribution < -0.4 is 5.32 Å². The Balaban J connectivity index is 2.01. The number of nitrogens with one attached hydrogen (secondary N) is 1. The molecule has 0 spiro atoms. The van der Waals surface area contributed by atoms with Crippen molar-refractivity contribution in [1.82, 2.24) is 15.1 Å². The molecule has 0 aromatic heterocycles. The van der Waals surface area contributed by atoms with Crippen LogP contribution in [0.1, 0.15) is 24.5 Å². The van der Waals surface area contributed by atoms with Crippen molar-refractivity contribution in [2.75, 3.05) is 39.8 Å². The average Bonchev–Trinajstić information content (AvgIpc) is 2.73. The van der Waals surface area contributed by atoms with E-state index < -0.39 is 11.7 Å². The van der Waals surface area contributed by atoms with Crippen LogP contribution >= 0.6 is 0 Å². The molecule has 7 nitrogen and oxygen atoms in total. The van der Waals surface area contributed by atoms with Crippen LogP contribution in [0.25, 0.3) is 0 Å². The highest BCUT2D eigenvalue weighted by Gasteiger charge is 2.26. The van der Waals surface area contributed by atoms with E-state index in [-0.39, 0.29) is 6.04 Å². The third-order valence-electron chi connectivity index (χ3n) is 5.19. The Labute approximate surface area is 173 Å². The number of nitrogens with zero attached hydrogens (tertiary/aromatic N) is 4. The molecule has 1 aromatic carbocycles. The fourth-order valence-corrected chi connectivity index (χ4v) is 3.13. The van der Waals surface area contributed by atoms with E-state index in [0.717, 1.165) is 44.7 Å². The van der Waals surface area contributed by atoms with Crippen molar-refractivity contribution in [2.24, 2.45) is 0 Å². The van der Waals surface area contributed by atoms with E-state index in [9.17, 15) is 10.1 Å². The zero-order chi connectivity index (χ0) is 21.3. The first-order valence-electron chi connectivity index (χ1n) is 9.81. The fourth-order valence-electron chi connectivity index (χ4n) is 3.13. The Bertz CT molecular complexity index is 772. The smallest absolute Gasteiger partial charge is 0.409 e. The first-order chi connectivity index (χ1) is 13.9. The number of likely N-dealkylation sites (N-methyl/N-ethyl adjacent to an activating group) is 1. The maximum atomic E-state index is 12.4. The van der Waals surface area contributed by atoms with Crippen LogP contribution in [0.15, 0.2) is 36.9 Å². The number of piperazine rings is 1. The van der Waals surface area contributed by atoms with E-state index in [1.54, 1.807) is 12.1 Å². The van der Waals surface area contributed by atoms with Crippen molar-refractivity contribution in [3.05, 3.63) is 48.0 Å². The summed E-state index contributed by atoms with van der Waals surface area (Å²) in [6, 6.07) is 11.2. The zero-order valence-electron chi connectivity index (χ0n) is 17.2. The maximum Gasteiger partial charge on any atom is 0.409 e. The van der Waals surface area contributed by atoms with E-state index in [4.69, 9.17) is 10.00 Å². The second-order valence-electron chi connectivity index (χ2n) is 7.60. The number of hydrogen-bond donors (Lipinski definition) is 1. The molecule has 0 bridgehead atoms. The van der Waals surface area contributed by atoms with Gasteiger partial charge in [-0.3, -0.25) is 0 Å². The molecule has 0 saturated carbocycles. The molecule has 1 heterocycles. The lowest BCUT2D eigenvalue weighted by Crippen LogP contribution is -2.47. The van der Waals surface area contributed by atoms with E-state index >= 15 is 0 Å². The molecule has 7 heteroatoms. The molecule has 1 N–H and O–H groups in total. The van der Waals surface area contributed by atoms with Crippen LogP contribution in [-0.2, 0) is 11.2 Å². The highest BCUT2D eigenvalue weighted by Crippen LogP contribution is 2.13. The molecule has 0 aliphatic carbocycles.